The van der Waals surface area contributed by atoms with Crippen molar-refractivity contribution >= 4 is 17.3 Å². The molecule has 0 aromatic carbocycles. The lowest BCUT2D eigenvalue weighted by atomic mass is 9.39. The van der Waals surface area contributed by atoms with Crippen molar-refractivity contribution in [1.29, 1.82) is 0 Å². The van der Waals surface area contributed by atoms with Gasteiger partial charge in [-0.3, -0.25) is 14.4 Å². The van der Waals surface area contributed by atoms with Crippen LogP contribution in [0.5, 0.6) is 0 Å². The van der Waals surface area contributed by atoms with Gasteiger partial charge >= 0.3 is 0 Å². The summed E-state index contributed by atoms with van der Waals surface area (Å²) in [7, 11) is 0. The molecule has 3 atom stereocenters. The van der Waals surface area contributed by atoms with Gasteiger partial charge in [-0.25, -0.2) is 0 Å². The second-order valence-electron chi connectivity index (χ2n) is 12.0. The van der Waals surface area contributed by atoms with Crippen LogP contribution in [-0.2, 0) is 14.4 Å². The van der Waals surface area contributed by atoms with Crippen molar-refractivity contribution in [3.05, 3.63) is 46.6 Å². The first-order valence-electron chi connectivity index (χ1n) is 12.9. The predicted octanol–water partition coefficient (Wildman–Crippen LogP) is 7.91. The van der Waals surface area contributed by atoms with Crippen molar-refractivity contribution in [2.24, 2.45) is 22.2 Å². The maximum atomic E-state index is 14.4. The first-order chi connectivity index (χ1) is 15.7. The Labute approximate surface area is 207 Å². The molecule has 0 spiro atoms. The van der Waals surface area contributed by atoms with E-state index in [0.717, 1.165) is 24.8 Å². The third-order valence-corrected chi connectivity index (χ3v) is 8.39. The zero-order valence-corrected chi connectivity index (χ0v) is 23.1. The van der Waals surface area contributed by atoms with E-state index < -0.39 is 16.2 Å². The Hall–Kier alpha value is -2.03. The van der Waals surface area contributed by atoms with Gasteiger partial charge < -0.3 is 0 Å². The smallest absolute Gasteiger partial charge is 0.161 e. The van der Waals surface area contributed by atoms with E-state index in [9.17, 15) is 14.4 Å². The quantitative estimate of drug-likeness (QED) is 0.256. The summed E-state index contributed by atoms with van der Waals surface area (Å²) in [4.78, 5) is 41.5. The van der Waals surface area contributed by atoms with Gasteiger partial charge in [-0.1, -0.05) is 60.4 Å². The molecule has 0 N–H and O–H groups in total. The van der Waals surface area contributed by atoms with Crippen LogP contribution in [0.3, 0.4) is 0 Å². The average Bonchev–Trinajstić information content (AvgIpc) is 2.71. The van der Waals surface area contributed by atoms with Gasteiger partial charge in [0, 0.05) is 0 Å². The summed E-state index contributed by atoms with van der Waals surface area (Å²) in [5.74, 6) is -0.378. The maximum absolute atomic E-state index is 14.4. The van der Waals surface area contributed by atoms with Crippen molar-refractivity contribution < 1.29 is 14.4 Å². The molecule has 2 rings (SSSR count). The van der Waals surface area contributed by atoms with Crippen LogP contribution in [0.2, 0.25) is 0 Å². The minimum Gasteiger partial charge on any atom is -0.298 e. The Morgan fingerprint density at radius 1 is 0.794 bits per heavy atom. The van der Waals surface area contributed by atoms with Crippen molar-refractivity contribution in [1.82, 2.24) is 0 Å². The minimum absolute atomic E-state index is 0.0817. The lowest BCUT2D eigenvalue weighted by Crippen LogP contribution is -2.68. The van der Waals surface area contributed by atoms with Gasteiger partial charge in [0.2, 0.25) is 0 Å². The van der Waals surface area contributed by atoms with E-state index in [1.807, 2.05) is 19.9 Å². The largest absolute Gasteiger partial charge is 0.298 e. The SMILES string of the molecule is CC(C)=CCC/C(C)=C/C[C@]12C(=O)CC(=O)[C@](CC=C(C)C)(C[C@@H](CC=C(C)C)C1(C)C)C2=O. The van der Waals surface area contributed by atoms with Crippen LogP contribution in [0.25, 0.3) is 0 Å². The highest BCUT2D eigenvalue weighted by Gasteiger charge is 2.71. The van der Waals surface area contributed by atoms with E-state index in [1.54, 1.807) is 0 Å². The molecular weight excluding hydrogens is 420 g/mol. The first-order valence-corrected chi connectivity index (χ1v) is 12.9. The van der Waals surface area contributed by atoms with Gasteiger partial charge in [0.25, 0.3) is 0 Å². The molecule has 0 heterocycles. The summed E-state index contributed by atoms with van der Waals surface area (Å²) in [5.41, 5.74) is 2.05. The van der Waals surface area contributed by atoms with Gasteiger partial charge in [0.1, 0.15) is 0 Å². The molecule has 3 nitrogen and oxygen atoms in total. The number of ketones is 3. The number of carbonyl (C=O) groups is 3. The van der Waals surface area contributed by atoms with Crippen molar-refractivity contribution in [2.75, 3.05) is 0 Å². The van der Waals surface area contributed by atoms with E-state index in [1.165, 1.54) is 16.7 Å². The zero-order chi connectivity index (χ0) is 25.9. The summed E-state index contributed by atoms with van der Waals surface area (Å²) in [6, 6.07) is 0. The molecule has 0 saturated heterocycles. The second-order valence-corrected chi connectivity index (χ2v) is 12.0. The van der Waals surface area contributed by atoms with Gasteiger partial charge in [0.15, 0.2) is 17.3 Å². The standard InChI is InChI=1S/C31H46O3/c1-21(2)11-10-12-24(7)16-18-31-27(33)19-26(32)30(28(31)34,17-15-23(5)6)20-25(29(31,8)9)14-13-22(3)4/h11,13,15-16,25H,10,12,14,17-20H2,1-9H3/b24-16+/t25-,30+,31-/m1/s1. The molecule has 0 aromatic rings. The molecule has 0 unspecified atom stereocenters. The van der Waals surface area contributed by atoms with Crippen molar-refractivity contribution in [3.8, 4) is 0 Å². The monoisotopic (exact) mass is 466 g/mol. The van der Waals surface area contributed by atoms with Crippen LogP contribution in [0.4, 0.5) is 0 Å². The third-order valence-electron chi connectivity index (χ3n) is 8.39. The Morgan fingerprint density at radius 3 is 1.94 bits per heavy atom. The Bertz CT molecular complexity index is 943. The van der Waals surface area contributed by atoms with Gasteiger partial charge in [0.05, 0.1) is 17.3 Å². The first kappa shape index (κ1) is 28.2. The number of carbonyl (C=O) groups excluding carboxylic acids is 3. The molecule has 2 fully saturated rings. The van der Waals surface area contributed by atoms with E-state index >= 15 is 0 Å². The molecule has 188 valence electrons. The van der Waals surface area contributed by atoms with Gasteiger partial charge in [-0.15, -0.1) is 0 Å². The zero-order valence-electron chi connectivity index (χ0n) is 23.1. The third kappa shape index (κ3) is 5.29. The molecule has 0 amide bonds. The fourth-order valence-electron chi connectivity index (χ4n) is 5.92. The van der Waals surface area contributed by atoms with Gasteiger partial charge in [-0.2, -0.15) is 0 Å². The number of fused-ring (bicyclic) bond motifs is 2. The van der Waals surface area contributed by atoms with E-state index in [2.05, 4.69) is 66.7 Å². The summed E-state index contributed by atoms with van der Waals surface area (Å²) in [6.07, 6.45) is 12.4. The average molecular weight is 467 g/mol. The van der Waals surface area contributed by atoms with E-state index in [-0.39, 0.29) is 29.7 Å². The highest BCUT2D eigenvalue weighted by Crippen LogP contribution is 2.64. The van der Waals surface area contributed by atoms with Crippen molar-refractivity contribution in [3.63, 3.8) is 0 Å². The normalized spacial score (nSPS) is 28.4. The van der Waals surface area contributed by atoms with E-state index in [0.29, 0.717) is 19.3 Å². The number of rotatable bonds is 9. The number of hydrogen-bond donors (Lipinski definition) is 0. The lowest BCUT2D eigenvalue weighted by Gasteiger charge is -2.60. The Balaban J connectivity index is 2.62. The summed E-state index contributed by atoms with van der Waals surface area (Å²) in [5, 5.41) is 0. The molecule has 2 aliphatic carbocycles. The van der Waals surface area contributed by atoms with Crippen LogP contribution < -0.4 is 0 Å². The van der Waals surface area contributed by atoms with Crippen LogP contribution in [0, 0.1) is 22.2 Å². The molecule has 2 saturated carbocycles. The Morgan fingerprint density at radius 2 is 1.38 bits per heavy atom. The topological polar surface area (TPSA) is 51.2 Å². The molecule has 0 aliphatic heterocycles. The molecular formula is C31H46O3. The summed E-state index contributed by atoms with van der Waals surface area (Å²) < 4.78 is 0. The van der Waals surface area contributed by atoms with E-state index in [4.69, 9.17) is 0 Å². The number of allylic oxidation sites excluding steroid dienone is 8. The number of hydrogen-bond acceptors (Lipinski definition) is 3. The number of Topliss-reactive ketones (excluding diaryl/α,β-unsaturated/α-hetero) is 3. The highest BCUT2D eigenvalue weighted by molar-refractivity contribution is 6.28. The summed E-state index contributed by atoms with van der Waals surface area (Å²) >= 11 is 0. The predicted molar refractivity (Wildman–Crippen MR) is 142 cm³/mol. The van der Waals surface area contributed by atoms with Crippen LogP contribution in [0.1, 0.15) is 107 Å². The maximum Gasteiger partial charge on any atom is 0.161 e. The molecule has 0 aromatic heterocycles. The summed E-state index contributed by atoms with van der Waals surface area (Å²) in [6.45, 7) is 18.6. The van der Waals surface area contributed by atoms with Gasteiger partial charge in [-0.05, 0) is 98.3 Å². The fraction of sp³-hybridized carbons (Fsp3) is 0.645. The van der Waals surface area contributed by atoms with Crippen LogP contribution in [0.15, 0.2) is 46.6 Å². The van der Waals surface area contributed by atoms with Crippen LogP contribution >= 0.6 is 0 Å². The Kier molecular flexibility index (Phi) is 8.88. The van der Waals surface area contributed by atoms with Crippen molar-refractivity contribution in [2.45, 2.75) is 107 Å². The fourth-order valence-corrected chi connectivity index (χ4v) is 5.92. The second kappa shape index (κ2) is 10.7. The lowest BCUT2D eigenvalue weighted by molar-refractivity contribution is -0.180. The molecule has 2 bridgehead atoms. The minimum atomic E-state index is -1.15. The molecule has 2 aliphatic rings. The highest BCUT2D eigenvalue weighted by atomic mass is 16.2. The molecule has 0 radical (unpaired) electrons. The molecule has 3 heteroatoms. The van der Waals surface area contributed by atoms with Crippen LogP contribution in [-0.4, -0.2) is 17.3 Å². The molecule has 34 heavy (non-hydrogen) atoms.